The van der Waals surface area contributed by atoms with E-state index in [0.717, 1.165) is 42.1 Å². The smallest absolute Gasteiger partial charge is 0.410 e. The number of halogens is 1. The molecule has 0 aliphatic carbocycles. The van der Waals surface area contributed by atoms with Crippen LogP contribution in [-0.4, -0.2) is 35.7 Å². The summed E-state index contributed by atoms with van der Waals surface area (Å²) in [5.41, 5.74) is 1.70. The van der Waals surface area contributed by atoms with E-state index in [1.807, 2.05) is 44.7 Å². The molecule has 2 rings (SSSR count). The van der Waals surface area contributed by atoms with Crippen molar-refractivity contribution < 1.29 is 9.53 Å². The fourth-order valence-corrected chi connectivity index (χ4v) is 2.91. The highest BCUT2D eigenvalue weighted by Gasteiger charge is 2.25. The highest BCUT2D eigenvalue weighted by Crippen LogP contribution is 2.25. The van der Waals surface area contributed by atoms with Crippen molar-refractivity contribution in [3.05, 3.63) is 28.8 Å². The molecule has 1 aliphatic rings. The number of carbonyl (C=O) groups excluding carboxylic acids is 1. The quantitative estimate of drug-likeness (QED) is 0.838. The molecule has 1 saturated heterocycles. The lowest BCUT2D eigenvalue weighted by atomic mass is 10.1. The number of nitrogens with one attached hydrogen (secondary N) is 1. The highest BCUT2D eigenvalue weighted by molar-refractivity contribution is 6.31. The Labute approximate surface area is 144 Å². The lowest BCUT2D eigenvalue weighted by Crippen LogP contribution is -2.37. The number of benzene rings is 1. The lowest BCUT2D eigenvalue weighted by Gasteiger charge is -2.26. The first kappa shape index (κ1) is 17.9. The summed E-state index contributed by atoms with van der Waals surface area (Å²) in [5, 5.41) is 4.35. The van der Waals surface area contributed by atoms with Crippen LogP contribution < -0.4 is 5.32 Å². The molecule has 0 bridgehead atoms. The van der Waals surface area contributed by atoms with Gasteiger partial charge in [0.2, 0.25) is 0 Å². The van der Waals surface area contributed by atoms with Crippen molar-refractivity contribution >= 4 is 23.4 Å². The Hall–Kier alpha value is -1.42. The Morgan fingerprint density at radius 2 is 2.04 bits per heavy atom. The summed E-state index contributed by atoms with van der Waals surface area (Å²) in [5.74, 6) is 0. The van der Waals surface area contributed by atoms with Crippen LogP contribution in [-0.2, 0) is 4.74 Å². The van der Waals surface area contributed by atoms with Gasteiger partial charge in [0.15, 0.2) is 0 Å². The first-order valence-corrected chi connectivity index (χ1v) is 8.63. The zero-order valence-corrected chi connectivity index (χ0v) is 15.2. The van der Waals surface area contributed by atoms with Crippen molar-refractivity contribution in [2.45, 2.75) is 58.6 Å². The molecule has 4 nitrogen and oxygen atoms in total. The molecule has 1 amide bonds. The van der Waals surface area contributed by atoms with Crippen molar-refractivity contribution in [3.8, 4) is 0 Å². The minimum absolute atomic E-state index is 0.211. The maximum absolute atomic E-state index is 12.2. The van der Waals surface area contributed by atoms with Crippen LogP contribution >= 0.6 is 11.6 Å². The van der Waals surface area contributed by atoms with E-state index in [2.05, 4.69) is 11.4 Å². The third-order valence-electron chi connectivity index (χ3n) is 4.01. The van der Waals surface area contributed by atoms with Crippen molar-refractivity contribution in [3.63, 3.8) is 0 Å². The van der Waals surface area contributed by atoms with Crippen molar-refractivity contribution in [1.82, 2.24) is 4.90 Å². The van der Waals surface area contributed by atoms with E-state index in [1.165, 1.54) is 0 Å². The van der Waals surface area contributed by atoms with Crippen molar-refractivity contribution in [1.29, 1.82) is 0 Å². The average Bonchev–Trinajstić information content (AvgIpc) is 2.68. The highest BCUT2D eigenvalue weighted by atomic mass is 35.5. The second-order valence-electron chi connectivity index (χ2n) is 7.15. The molecular formula is C18H27ClN2O2. The van der Waals surface area contributed by atoms with E-state index in [9.17, 15) is 4.79 Å². The van der Waals surface area contributed by atoms with E-state index in [-0.39, 0.29) is 6.09 Å². The summed E-state index contributed by atoms with van der Waals surface area (Å²) in [6.45, 7) is 9.18. The number of hydrogen-bond donors (Lipinski definition) is 1. The van der Waals surface area contributed by atoms with Crippen LogP contribution in [0.1, 0.15) is 45.6 Å². The number of hydrogen-bond acceptors (Lipinski definition) is 3. The summed E-state index contributed by atoms with van der Waals surface area (Å²) in [4.78, 5) is 14.0. The first-order chi connectivity index (χ1) is 10.8. The molecule has 5 heteroatoms. The van der Waals surface area contributed by atoms with Gasteiger partial charge in [-0.3, -0.25) is 0 Å². The molecule has 1 atom stereocenters. The molecule has 1 N–H and O–H groups in total. The Balaban J connectivity index is 1.93. The van der Waals surface area contributed by atoms with Gasteiger partial charge >= 0.3 is 6.09 Å². The maximum atomic E-state index is 12.2. The van der Waals surface area contributed by atoms with E-state index in [4.69, 9.17) is 16.3 Å². The number of rotatable bonds is 2. The molecule has 1 aromatic carbocycles. The van der Waals surface area contributed by atoms with Crippen molar-refractivity contribution in [2.24, 2.45) is 0 Å². The van der Waals surface area contributed by atoms with E-state index < -0.39 is 5.60 Å². The van der Waals surface area contributed by atoms with Crippen LogP contribution in [0.2, 0.25) is 5.02 Å². The van der Waals surface area contributed by atoms with Gasteiger partial charge in [-0.1, -0.05) is 17.7 Å². The standard InChI is InChI=1S/C18H27ClN2O2/c1-13-15(19)8-5-9-16(13)20-14-7-6-11-21(12-10-14)17(22)23-18(2,3)4/h5,8-9,14,20H,6-7,10-12H2,1-4H3. The van der Waals surface area contributed by atoms with Gasteiger partial charge in [-0.15, -0.1) is 0 Å². The van der Waals surface area contributed by atoms with Crippen LogP contribution in [0.25, 0.3) is 0 Å². The Kier molecular flexibility index (Phi) is 5.79. The van der Waals surface area contributed by atoms with E-state index in [0.29, 0.717) is 12.6 Å². The van der Waals surface area contributed by atoms with Gasteiger partial charge in [0.05, 0.1) is 0 Å². The van der Waals surface area contributed by atoms with Crippen LogP contribution in [0, 0.1) is 6.92 Å². The molecule has 1 fully saturated rings. The monoisotopic (exact) mass is 338 g/mol. The fraction of sp³-hybridized carbons (Fsp3) is 0.611. The molecule has 0 spiro atoms. The van der Waals surface area contributed by atoms with Crippen LogP contribution in [0.5, 0.6) is 0 Å². The predicted octanol–water partition coefficient (Wildman–Crippen LogP) is 4.85. The zero-order chi connectivity index (χ0) is 17.0. The molecule has 0 radical (unpaired) electrons. The molecule has 1 aromatic rings. The number of nitrogens with zero attached hydrogens (tertiary/aromatic N) is 1. The van der Waals surface area contributed by atoms with Gasteiger partial charge in [0.1, 0.15) is 5.60 Å². The average molecular weight is 339 g/mol. The van der Waals surface area contributed by atoms with Gasteiger partial charge < -0.3 is 15.0 Å². The number of amides is 1. The Morgan fingerprint density at radius 3 is 2.74 bits per heavy atom. The summed E-state index contributed by atoms with van der Waals surface area (Å²) < 4.78 is 5.47. The number of likely N-dealkylation sites (tertiary alicyclic amines) is 1. The minimum atomic E-state index is -0.445. The molecule has 1 aliphatic heterocycles. The molecule has 128 valence electrons. The number of carbonyl (C=O) groups is 1. The summed E-state index contributed by atoms with van der Waals surface area (Å²) >= 11 is 6.18. The summed E-state index contributed by atoms with van der Waals surface area (Å²) in [6.07, 6.45) is 2.70. The largest absolute Gasteiger partial charge is 0.444 e. The Bertz CT molecular complexity index is 554. The molecule has 0 saturated carbocycles. The molecule has 1 heterocycles. The molecular weight excluding hydrogens is 312 g/mol. The maximum Gasteiger partial charge on any atom is 0.410 e. The number of anilines is 1. The van der Waals surface area contributed by atoms with Crippen LogP contribution in [0.15, 0.2) is 18.2 Å². The molecule has 0 aromatic heterocycles. The Morgan fingerprint density at radius 1 is 1.30 bits per heavy atom. The lowest BCUT2D eigenvalue weighted by molar-refractivity contribution is 0.0256. The third-order valence-corrected chi connectivity index (χ3v) is 4.42. The normalized spacial score (nSPS) is 19.2. The second-order valence-corrected chi connectivity index (χ2v) is 7.56. The third kappa shape index (κ3) is 5.31. The van der Waals surface area contributed by atoms with E-state index in [1.54, 1.807) is 0 Å². The minimum Gasteiger partial charge on any atom is -0.444 e. The second kappa shape index (κ2) is 7.43. The summed E-state index contributed by atoms with van der Waals surface area (Å²) in [6, 6.07) is 6.26. The van der Waals surface area contributed by atoms with Crippen LogP contribution in [0.3, 0.4) is 0 Å². The first-order valence-electron chi connectivity index (χ1n) is 8.26. The van der Waals surface area contributed by atoms with Gasteiger partial charge in [-0.25, -0.2) is 4.79 Å². The van der Waals surface area contributed by atoms with Gasteiger partial charge in [-0.2, -0.15) is 0 Å². The summed E-state index contributed by atoms with van der Waals surface area (Å²) in [7, 11) is 0. The number of ether oxygens (including phenoxy) is 1. The zero-order valence-electron chi connectivity index (χ0n) is 14.5. The van der Waals surface area contributed by atoms with Gasteiger partial charge in [-0.05, 0) is 64.7 Å². The topological polar surface area (TPSA) is 41.6 Å². The van der Waals surface area contributed by atoms with E-state index >= 15 is 0 Å². The van der Waals surface area contributed by atoms with Gasteiger partial charge in [0.25, 0.3) is 0 Å². The van der Waals surface area contributed by atoms with Crippen LogP contribution in [0.4, 0.5) is 10.5 Å². The van der Waals surface area contributed by atoms with Crippen molar-refractivity contribution in [2.75, 3.05) is 18.4 Å². The fourth-order valence-electron chi connectivity index (χ4n) is 2.73. The molecule has 1 unspecified atom stereocenters. The predicted molar refractivity (Wildman–Crippen MR) is 95.3 cm³/mol. The van der Waals surface area contributed by atoms with Gasteiger partial charge in [0, 0.05) is 29.8 Å². The SMILES string of the molecule is Cc1c(Cl)cccc1NC1CCCN(C(=O)OC(C)(C)C)CC1. The molecule has 23 heavy (non-hydrogen) atoms.